The summed E-state index contributed by atoms with van der Waals surface area (Å²) in [5, 5.41) is 8.02. The molecule has 8 heteroatoms. The van der Waals surface area contributed by atoms with E-state index in [4.69, 9.17) is 9.47 Å². The van der Waals surface area contributed by atoms with Gasteiger partial charge >= 0.3 is 5.97 Å². The zero-order valence-corrected chi connectivity index (χ0v) is 11.5. The second kappa shape index (κ2) is 6.80. The summed E-state index contributed by atoms with van der Waals surface area (Å²) in [5.41, 5.74) is 0.423. The van der Waals surface area contributed by atoms with Crippen molar-refractivity contribution >= 4 is 5.97 Å². The van der Waals surface area contributed by atoms with Crippen LogP contribution in [0.2, 0.25) is 0 Å². The fourth-order valence-electron chi connectivity index (χ4n) is 1.71. The summed E-state index contributed by atoms with van der Waals surface area (Å²) in [6.07, 6.45) is 5.70. The minimum absolute atomic E-state index is 0.285. The first-order valence-corrected chi connectivity index (χ1v) is 6.27. The molecule has 0 aromatic carbocycles. The Bertz CT molecular complexity index is 537. The molecule has 1 atom stereocenters. The molecule has 20 heavy (non-hydrogen) atoms. The molecule has 0 saturated heterocycles. The number of esters is 1. The molecular weight excluding hydrogens is 262 g/mol. The van der Waals surface area contributed by atoms with Crippen molar-refractivity contribution in [2.45, 2.75) is 26.1 Å². The first-order chi connectivity index (χ1) is 9.72. The number of ether oxygens (including phenoxy) is 2. The lowest BCUT2D eigenvalue weighted by molar-refractivity contribution is -0.000871. The maximum Gasteiger partial charge on any atom is 0.341 e. The summed E-state index contributed by atoms with van der Waals surface area (Å²) in [6, 6.07) is 0. The van der Waals surface area contributed by atoms with Crippen LogP contribution in [0, 0.1) is 0 Å². The van der Waals surface area contributed by atoms with Gasteiger partial charge in [-0.05, 0) is 6.92 Å². The fraction of sp³-hybridized carbons (Fsp3) is 0.500. The molecule has 2 heterocycles. The van der Waals surface area contributed by atoms with Crippen LogP contribution in [0.5, 0.6) is 0 Å². The third-order valence-corrected chi connectivity index (χ3v) is 2.68. The van der Waals surface area contributed by atoms with Crippen LogP contribution in [-0.2, 0) is 22.6 Å². The Hall–Kier alpha value is -2.22. The summed E-state index contributed by atoms with van der Waals surface area (Å²) < 4.78 is 13.7. The van der Waals surface area contributed by atoms with E-state index < -0.39 is 12.1 Å². The summed E-state index contributed by atoms with van der Waals surface area (Å²) >= 11 is 0. The summed E-state index contributed by atoms with van der Waals surface area (Å²) in [5.74, 6) is -0.424. The Kier molecular flexibility index (Phi) is 4.83. The second-order valence-corrected chi connectivity index (χ2v) is 4.18. The Labute approximate surface area is 116 Å². The van der Waals surface area contributed by atoms with Gasteiger partial charge in [-0.2, -0.15) is 10.2 Å². The molecule has 0 saturated carbocycles. The van der Waals surface area contributed by atoms with Gasteiger partial charge in [0.25, 0.3) is 0 Å². The third kappa shape index (κ3) is 3.64. The van der Waals surface area contributed by atoms with Crippen molar-refractivity contribution in [2.75, 3.05) is 13.7 Å². The van der Waals surface area contributed by atoms with Gasteiger partial charge in [0.05, 0.1) is 24.9 Å². The number of rotatable bonds is 7. The zero-order valence-electron chi connectivity index (χ0n) is 11.5. The topological polar surface area (TPSA) is 84.1 Å². The molecule has 2 aromatic rings. The van der Waals surface area contributed by atoms with Crippen LogP contribution in [0.3, 0.4) is 0 Å². The monoisotopic (exact) mass is 279 g/mol. The highest BCUT2D eigenvalue weighted by atomic mass is 16.6. The quantitative estimate of drug-likeness (QED) is 0.681. The number of aromatic nitrogens is 5. The van der Waals surface area contributed by atoms with E-state index in [9.17, 15) is 4.79 Å². The lowest BCUT2D eigenvalue weighted by Crippen LogP contribution is -2.28. The van der Waals surface area contributed by atoms with Crippen LogP contribution in [0.4, 0.5) is 0 Å². The molecule has 0 aliphatic carbocycles. The van der Waals surface area contributed by atoms with Crippen LogP contribution in [0.25, 0.3) is 0 Å². The third-order valence-electron chi connectivity index (χ3n) is 2.68. The summed E-state index contributed by atoms with van der Waals surface area (Å²) in [6.45, 7) is 3.32. The number of hydrogen-bond acceptors (Lipinski definition) is 6. The maximum atomic E-state index is 12.0. The van der Waals surface area contributed by atoms with E-state index in [1.807, 2.05) is 6.92 Å². The molecule has 2 aromatic heterocycles. The highest BCUT2D eigenvalue weighted by Crippen LogP contribution is 2.05. The first kappa shape index (κ1) is 14.2. The van der Waals surface area contributed by atoms with Gasteiger partial charge in [-0.1, -0.05) is 0 Å². The van der Waals surface area contributed by atoms with Crippen molar-refractivity contribution in [2.24, 2.45) is 0 Å². The molecule has 0 radical (unpaired) electrons. The number of methoxy groups -OCH3 is 1. The molecule has 0 aliphatic heterocycles. The van der Waals surface area contributed by atoms with Gasteiger partial charge in [0.1, 0.15) is 18.8 Å². The highest BCUT2D eigenvalue weighted by molar-refractivity contribution is 5.88. The largest absolute Gasteiger partial charge is 0.454 e. The Morgan fingerprint density at radius 1 is 1.40 bits per heavy atom. The lowest BCUT2D eigenvalue weighted by atomic mass is 10.3. The number of hydrogen-bond donors (Lipinski definition) is 0. The normalized spacial score (nSPS) is 12.3. The van der Waals surface area contributed by atoms with Gasteiger partial charge < -0.3 is 9.47 Å². The van der Waals surface area contributed by atoms with E-state index in [-0.39, 0.29) is 6.61 Å². The highest BCUT2D eigenvalue weighted by Gasteiger charge is 2.18. The molecule has 8 nitrogen and oxygen atoms in total. The molecule has 0 N–H and O–H groups in total. The minimum atomic E-state index is -0.431. The van der Waals surface area contributed by atoms with E-state index in [1.54, 1.807) is 29.0 Å². The fourth-order valence-corrected chi connectivity index (χ4v) is 1.71. The second-order valence-electron chi connectivity index (χ2n) is 4.18. The average molecular weight is 279 g/mol. The van der Waals surface area contributed by atoms with Crippen molar-refractivity contribution in [3.8, 4) is 0 Å². The van der Waals surface area contributed by atoms with Crippen molar-refractivity contribution in [3.05, 3.63) is 30.6 Å². The van der Waals surface area contributed by atoms with Gasteiger partial charge in [-0.15, -0.1) is 0 Å². The molecule has 1 unspecified atom stereocenters. The Morgan fingerprint density at radius 2 is 2.25 bits per heavy atom. The van der Waals surface area contributed by atoms with Crippen molar-refractivity contribution in [1.29, 1.82) is 0 Å². The molecular formula is C12H17N5O3. The molecule has 0 amide bonds. The van der Waals surface area contributed by atoms with E-state index in [2.05, 4.69) is 15.2 Å². The predicted octanol–water partition coefficient (Wildman–Crippen LogP) is 0.366. The number of nitrogens with zero attached hydrogens (tertiary/aromatic N) is 5. The average Bonchev–Trinajstić information content (AvgIpc) is 3.09. The zero-order chi connectivity index (χ0) is 14.4. The molecule has 108 valence electrons. The van der Waals surface area contributed by atoms with Gasteiger partial charge in [-0.25, -0.2) is 14.5 Å². The minimum Gasteiger partial charge on any atom is -0.454 e. The predicted molar refractivity (Wildman–Crippen MR) is 69.0 cm³/mol. The van der Waals surface area contributed by atoms with Gasteiger partial charge in [0.2, 0.25) is 0 Å². The first-order valence-electron chi connectivity index (χ1n) is 6.27. The molecule has 2 rings (SSSR count). The molecule has 0 bridgehead atoms. The lowest BCUT2D eigenvalue weighted by Gasteiger charge is -2.16. The summed E-state index contributed by atoms with van der Waals surface area (Å²) in [7, 11) is 1.55. The number of aryl methyl sites for hydroxylation is 1. The molecule has 0 spiro atoms. The smallest absolute Gasteiger partial charge is 0.341 e. The van der Waals surface area contributed by atoms with E-state index >= 15 is 0 Å². The molecule has 0 fully saturated rings. The Morgan fingerprint density at radius 3 is 2.85 bits per heavy atom. The van der Waals surface area contributed by atoms with E-state index in [0.717, 1.165) is 0 Å². The van der Waals surface area contributed by atoms with Gasteiger partial charge in [0.15, 0.2) is 0 Å². The SMILES string of the molecule is CCn1cc(C(=O)OC(COC)Cn2cncn2)cn1. The standard InChI is InChI=1S/C12H17N5O3/c1-3-16-5-10(4-14-16)12(18)20-11(7-19-2)6-17-9-13-8-15-17/h4-5,8-9,11H,3,6-7H2,1-2H3. The number of carbonyl (C=O) groups is 1. The van der Waals surface area contributed by atoms with Gasteiger partial charge in [-0.3, -0.25) is 4.68 Å². The number of carbonyl (C=O) groups excluding carboxylic acids is 1. The van der Waals surface area contributed by atoms with Crippen molar-refractivity contribution in [3.63, 3.8) is 0 Å². The van der Waals surface area contributed by atoms with Crippen LogP contribution >= 0.6 is 0 Å². The van der Waals surface area contributed by atoms with Crippen molar-refractivity contribution in [1.82, 2.24) is 24.5 Å². The van der Waals surface area contributed by atoms with Crippen LogP contribution in [0.1, 0.15) is 17.3 Å². The van der Waals surface area contributed by atoms with E-state index in [1.165, 1.54) is 12.5 Å². The van der Waals surface area contributed by atoms with Crippen molar-refractivity contribution < 1.29 is 14.3 Å². The van der Waals surface area contributed by atoms with Gasteiger partial charge in [0, 0.05) is 19.9 Å². The van der Waals surface area contributed by atoms with E-state index in [0.29, 0.717) is 18.7 Å². The van der Waals surface area contributed by atoms with Crippen LogP contribution < -0.4 is 0 Å². The van der Waals surface area contributed by atoms with Crippen LogP contribution in [-0.4, -0.2) is 50.3 Å². The Balaban J connectivity index is 1.98. The maximum absolute atomic E-state index is 12.0. The summed E-state index contributed by atoms with van der Waals surface area (Å²) in [4.78, 5) is 15.9. The molecule has 0 aliphatic rings. The van der Waals surface area contributed by atoms with Crippen LogP contribution in [0.15, 0.2) is 25.0 Å².